The van der Waals surface area contributed by atoms with Gasteiger partial charge in [0.05, 0.1) is 12.0 Å². The SMILES string of the molecule is CN(C)C(=O)c1cccc(N(C/C=C/c2cccc(C(F)(F)F)c2)C(=O)CC(=O)c2ncccn2)c1. The number of halogens is 3. The number of nitrogens with zero attached hydrogens (tertiary/aromatic N) is 4. The lowest BCUT2D eigenvalue weighted by Crippen LogP contribution is -2.33. The molecule has 186 valence electrons. The zero-order chi connectivity index (χ0) is 26.3. The van der Waals surface area contributed by atoms with Gasteiger partial charge < -0.3 is 9.80 Å². The maximum absolute atomic E-state index is 13.1. The molecule has 36 heavy (non-hydrogen) atoms. The van der Waals surface area contributed by atoms with Crippen LogP contribution in [-0.4, -0.2) is 53.1 Å². The van der Waals surface area contributed by atoms with E-state index in [2.05, 4.69) is 9.97 Å². The third kappa shape index (κ3) is 6.84. The second-order valence-corrected chi connectivity index (χ2v) is 7.95. The molecule has 0 radical (unpaired) electrons. The lowest BCUT2D eigenvalue weighted by Gasteiger charge is -2.22. The number of benzene rings is 2. The molecule has 0 bridgehead atoms. The van der Waals surface area contributed by atoms with Crippen LogP contribution in [0.15, 0.2) is 73.1 Å². The van der Waals surface area contributed by atoms with Crippen LogP contribution in [0.3, 0.4) is 0 Å². The Morgan fingerprint density at radius 2 is 1.64 bits per heavy atom. The van der Waals surface area contributed by atoms with Gasteiger partial charge in [-0.3, -0.25) is 14.4 Å². The molecule has 2 amide bonds. The Balaban J connectivity index is 1.88. The maximum atomic E-state index is 13.1. The summed E-state index contributed by atoms with van der Waals surface area (Å²) in [6, 6.07) is 12.6. The summed E-state index contributed by atoms with van der Waals surface area (Å²) in [5.74, 6) is -1.57. The minimum atomic E-state index is -4.48. The van der Waals surface area contributed by atoms with Crippen LogP contribution in [-0.2, 0) is 11.0 Å². The summed E-state index contributed by atoms with van der Waals surface area (Å²) < 4.78 is 39.0. The van der Waals surface area contributed by atoms with Gasteiger partial charge in [0, 0.05) is 44.3 Å². The fraction of sp³-hybridized carbons (Fsp3) is 0.192. The Kier molecular flexibility index (Phi) is 8.31. The van der Waals surface area contributed by atoms with Crippen molar-refractivity contribution in [2.45, 2.75) is 12.6 Å². The topological polar surface area (TPSA) is 83.5 Å². The molecule has 1 aromatic heterocycles. The summed E-state index contributed by atoms with van der Waals surface area (Å²) in [7, 11) is 3.18. The van der Waals surface area contributed by atoms with Crippen molar-refractivity contribution in [1.29, 1.82) is 0 Å². The first-order valence-corrected chi connectivity index (χ1v) is 10.8. The first kappa shape index (κ1) is 26.3. The molecule has 7 nitrogen and oxygen atoms in total. The molecule has 0 N–H and O–H groups in total. The van der Waals surface area contributed by atoms with Crippen molar-refractivity contribution >= 4 is 29.4 Å². The zero-order valence-corrected chi connectivity index (χ0v) is 19.6. The summed E-state index contributed by atoms with van der Waals surface area (Å²) in [4.78, 5) is 48.5. The summed E-state index contributed by atoms with van der Waals surface area (Å²) >= 11 is 0. The predicted octanol–water partition coefficient (Wildman–Crippen LogP) is 4.52. The van der Waals surface area contributed by atoms with Gasteiger partial charge >= 0.3 is 6.18 Å². The van der Waals surface area contributed by atoms with Crippen LogP contribution in [0.4, 0.5) is 18.9 Å². The summed E-state index contributed by atoms with van der Waals surface area (Å²) in [5.41, 5.74) is 0.182. The van der Waals surface area contributed by atoms with Crippen LogP contribution in [0, 0.1) is 0 Å². The van der Waals surface area contributed by atoms with Crippen LogP contribution in [0.25, 0.3) is 6.08 Å². The van der Waals surface area contributed by atoms with E-state index < -0.39 is 29.9 Å². The first-order valence-electron chi connectivity index (χ1n) is 10.8. The maximum Gasteiger partial charge on any atom is 0.416 e. The normalized spacial score (nSPS) is 11.4. The van der Waals surface area contributed by atoms with E-state index >= 15 is 0 Å². The van der Waals surface area contributed by atoms with E-state index in [1.165, 1.54) is 58.6 Å². The van der Waals surface area contributed by atoms with E-state index in [0.717, 1.165) is 12.1 Å². The number of aromatic nitrogens is 2. The third-order valence-corrected chi connectivity index (χ3v) is 5.05. The van der Waals surface area contributed by atoms with Gasteiger partial charge in [-0.25, -0.2) is 9.97 Å². The smallest absolute Gasteiger partial charge is 0.345 e. The average molecular weight is 496 g/mol. The van der Waals surface area contributed by atoms with Crippen LogP contribution < -0.4 is 4.90 Å². The molecule has 0 saturated carbocycles. The Hall–Kier alpha value is -4.34. The van der Waals surface area contributed by atoms with Crippen molar-refractivity contribution in [3.63, 3.8) is 0 Å². The number of hydrogen-bond acceptors (Lipinski definition) is 5. The minimum absolute atomic E-state index is 0.0579. The molecule has 10 heteroatoms. The van der Waals surface area contributed by atoms with Gasteiger partial charge in [-0.1, -0.05) is 30.4 Å². The van der Waals surface area contributed by atoms with E-state index in [4.69, 9.17) is 0 Å². The number of rotatable bonds is 8. The van der Waals surface area contributed by atoms with Crippen molar-refractivity contribution in [2.75, 3.05) is 25.5 Å². The Labute approximate surface area is 205 Å². The summed E-state index contributed by atoms with van der Waals surface area (Å²) in [5, 5.41) is 0. The molecule has 3 rings (SSSR count). The van der Waals surface area contributed by atoms with E-state index in [0.29, 0.717) is 16.8 Å². The predicted molar refractivity (Wildman–Crippen MR) is 128 cm³/mol. The number of alkyl halides is 3. The minimum Gasteiger partial charge on any atom is -0.345 e. The lowest BCUT2D eigenvalue weighted by molar-refractivity contribution is -0.137. The molecule has 0 spiro atoms. The van der Waals surface area contributed by atoms with Gasteiger partial charge in [-0.05, 0) is 42.0 Å². The summed E-state index contributed by atoms with van der Waals surface area (Å²) in [6.07, 6.45) is 0.718. The number of amides is 2. The number of carbonyl (C=O) groups is 3. The summed E-state index contributed by atoms with van der Waals surface area (Å²) in [6.45, 7) is -0.0579. The molecule has 0 fully saturated rings. The number of anilines is 1. The molecule has 0 aliphatic heterocycles. The monoisotopic (exact) mass is 496 g/mol. The Bertz CT molecular complexity index is 1270. The Morgan fingerprint density at radius 3 is 2.31 bits per heavy atom. The highest BCUT2D eigenvalue weighted by molar-refractivity contribution is 6.10. The van der Waals surface area contributed by atoms with Crippen molar-refractivity contribution < 1.29 is 27.6 Å². The van der Waals surface area contributed by atoms with E-state index in [-0.39, 0.29) is 18.3 Å². The molecular formula is C26H23F3N4O3. The standard InChI is InChI=1S/C26H23F3N4O3/c1-32(2)25(36)19-9-4-11-21(16-19)33(23(35)17-22(34)24-30-12-6-13-31-24)14-5-8-18-7-3-10-20(15-18)26(27,28)29/h3-13,15-16H,14,17H2,1-2H3/b8-5+. The van der Waals surface area contributed by atoms with Gasteiger partial charge in [-0.2, -0.15) is 13.2 Å². The number of hydrogen-bond donors (Lipinski definition) is 0. The Morgan fingerprint density at radius 1 is 0.944 bits per heavy atom. The van der Waals surface area contributed by atoms with Gasteiger partial charge in [0.15, 0.2) is 5.82 Å². The average Bonchev–Trinajstić information content (AvgIpc) is 2.86. The molecule has 2 aromatic carbocycles. The van der Waals surface area contributed by atoms with E-state index in [1.807, 2.05) is 0 Å². The number of Topliss-reactive ketones (excluding diaryl/α,β-unsaturated/α-hetero) is 1. The third-order valence-electron chi connectivity index (χ3n) is 5.05. The van der Waals surface area contributed by atoms with Gasteiger partial charge in [0.2, 0.25) is 11.7 Å². The fourth-order valence-electron chi connectivity index (χ4n) is 3.28. The second-order valence-electron chi connectivity index (χ2n) is 7.95. The molecule has 3 aromatic rings. The molecule has 0 atom stereocenters. The zero-order valence-electron chi connectivity index (χ0n) is 19.6. The number of carbonyl (C=O) groups excluding carboxylic acids is 3. The second kappa shape index (κ2) is 11.4. The van der Waals surface area contributed by atoms with Crippen molar-refractivity contribution in [1.82, 2.24) is 14.9 Å². The first-order chi connectivity index (χ1) is 17.1. The van der Waals surface area contributed by atoms with Gasteiger partial charge in [-0.15, -0.1) is 0 Å². The van der Waals surface area contributed by atoms with Crippen LogP contribution in [0.5, 0.6) is 0 Å². The van der Waals surface area contributed by atoms with E-state index in [1.54, 1.807) is 32.3 Å². The van der Waals surface area contributed by atoms with Gasteiger partial charge in [0.25, 0.3) is 5.91 Å². The van der Waals surface area contributed by atoms with Crippen LogP contribution in [0.1, 0.15) is 38.5 Å². The molecule has 0 aliphatic carbocycles. The molecular weight excluding hydrogens is 473 g/mol. The van der Waals surface area contributed by atoms with Crippen molar-refractivity contribution in [3.8, 4) is 0 Å². The molecule has 0 saturated heterocycles. The van der Waals surface area contributed by atoms with Crippen LogP contribution in [0.2, 0.25) is 0 Å². The van der Waals surface area contributed by atoms with Crippen molar-refractivity contribution in [3.05, 3.63) is 95.6 Å². The molecule has 0 aliphatic rings. The van der Waals surface area contributed by atoms with Crippen LogP contribution >= 0.6 is 0 Å². The van der Waals surface area contributed by atoms with Gasteiger partial charge in [0.1, 0.15) is 0 Å². The highest BCUT2D eigenvalue weighted by Gasteiger charge is 2.30. The highest BCUT2D eigenvalue weighted by atomic mass is 19.4. The number of ketones is 1. The van der Waals surface area contributed by atoms with E-state index in [9.17, 15) is 27.6 Å². The lowest BCUT2D eigenvalue weighted by atomic mass is 10.1. The molecule has 1 heterocycles. The quantitative estimate of drug-likeness (QED) is 0.338. The largest absolute Gasteiger partial charge is 0.416 e. The van der Waals surface area contributed by atoms with Crippen molar-refractivity contribution in [2.24, 2.45) is 0 Å². The highest BCUT2D eigenvalue weighted by Crippen LogP contribution is 2.29. The fourth-order valence-corrected chi connectivity index (χ4v) is 3.28. The molecule has 0 unspecified atom stereocenters.